The maximum atomic E-state index is 12.0. The van der Waals surface area contributed by atoms with Crippen LogP contribution in [0.1, 0.15) is 20.3 Å². The van der Waals surface area contributed by atoms with Crippen molar-refractivity contribution in [3.05, 3.63) is 0 Å². The second kappa shape index (κ2) is 9.41. The van der Waals surface area contributed by atoms with Crippen molar-refractivity contribution in [2.75, 3.05) is 27.9 Å². The van der Waals surface area contributed by atoms with Crippen LogP contribution < -0.4 is 10.6 Å². The van der Waals surface area contributed by atoms with Crippen LogP contribution in [0.25, 0.3) is 0 Å². The van der Waals surface area contributed by atoms with Gasteiger partial charge in [0.15, 0.2) is 0 Å². The van der Waals surface area contributed by atoms with Crippen LogP contribution in [0.15, 0.2) is 0 Å². The summed E-state index contributed by atoms with van der Waals surface area (Å²) < 4.78 is 15.2. The largest absolute Gasteiger partial charge is 0.500 e. The minimum atomic E-state index is -2.61. The molecule has 2 amide bonds. The van der Waals surface area contributed by atoms with Crippen LogP contribution in [0, 0.1) is 0 Å². The fourth-order valence-corrected chi connectivity index (χ4v) is 3.76. The Kier molecular flexibility index (Phi) is 9.14. The van der Waals surface area contributed by atoms with Gasteiger partial charge in [0, 0.05) is 38.7 Å². The number of thiol groups is 1. The van der Waals surface area contributed by atoms with E-state index < -0.39 is 19.6 Å². The maximum Gasteiger partial charge on any atom is 0.500 e. The van der Waals surface area contributed by atoms with Gasteiger partial charge in [0.1, 0.15) is 6.04 Å². The average Bonchev–Trinajstić information content (AvgIpc) is 2.44. The van der Waals surface area contributed by atoms with Gasteiger partial charge in [-0.1, -0.05) is 0 Å². The van der Waals surface area contributed by atoms with Crippen molar-refractivity contribution < 1.29 is 22.9 Å². The molecular weight excluding hydrogens is 312 g/mol. The third-order valence-electron chi connectivity index (χ3n) is 3.10. The summed E-state index contributed by atoms with van der Waals surface area (Å²) in [5.41, 5.74) is 0. The Balaban J connectivity index is 4.33. The molecule has 0 fully saturated rings. The highest BCUT2D eigenvalue weighted by atomic mass is 32.1. The predicted molar refractivity (Wildman–Crippen MR) is 85.3 cm³/mol. The molecule has 1 atom stereocenters. The van der Waals surface area contributed by atoms with Gasteiger partial charge in [-0.2, -0.15) is 12.6 Å². The first kappa shape index (κ1) is 20.4. The summed E-state index contributed by atoms with van der Waals surface area (Å²) in [4.78, 5) is 22.6. The third kappa shape index (κ3) is 6.79. The molecule has 1 unspecified atom stereocenters. The first-order chi connectivity index (χ1) is 9.76. The number of hydrogen-bond donors (Lipinski definition) is 3. The van der Waals surface area contributed by atoms with Crippen LogP contribution in [0.3, 0.4) is 0 Å². The first-order valence-corrected chi connectivity index (χ1v) is 8.99. The lowest BCUT2D eigenvalue weighted by molar-refractivity contribution is -0.125. The molecule has 0 rings (SSSR count). The average molecular weight is 339 g/mol. The number of carbonyl (C=O) groups is 2. The van der Waals surface area contributed by atoms with Crippen molar-refractivity contribution in [3.63, 3.8) is 0 Å². The number of rotatable bonds is 11. The lowest BCUT2D eigenvalue weighted by atomic mass is 10.0. The van der Waals surface area contributed by atoms with Crippen LogP contribution in [0.5, 0.6) is 0 Å². The smallest absolute Gasteiger partial charge is 0.377 e. The molecule has 0 aromatic carbocycles. The quantitative estimate of drug-likeness (QED) is 0.217. The number of amides is 2. The molecular formula is C12H26N2O5SSi. The maximum absolute atomic E-state index is 12.0. The molecule has 7 nitrogen and oxygen atoms in total. The Morgan fingerprint density at radius 3 is 2.19 bits per heavy atom. The molecule has 0 saturated carbocycles. The highest BCUT2D eigenvalue weighted by Crippen LogP contribution is 2.18. The molecule has 0 bridgehead atoms. The fourth-order valence-electron chi connectivity index (χ4n) is 1.84. The van der Waals surface area contributed by atoms with E-state index >= 15 is 0 Å². The molecule has 124 valence electrons. The van der Waals surface area contributed by atoms with Gasteiger partial charge in [-0.25, -0.2) is 0 Å². The second-order valence-electron chi connectivity index (χ2n) is 5.06. The van der Waals surface area contributed by atoms with E-state index in [1.165, 1.54) is 0 Å². The Bertz CT molecular complexity index is 326. The van der Waals surface area contributed by atoms with Crippen LogP contribution in [0.2, 0.25) is 6.04 Å². The summed E-state index contributed by atoms with van der Waals surface area (Å²) >= 11 is 4.32. The summed E-state index contributed by atoms with van der Waals surface area (Å²) in [5.74, 6) is -0.276. The lowest BCUT2D eigenvalue weighted by Gasteiger charge is -2.28. The van der Waals surface area contributed by atoms with E-state index in [1.807, 2.05) is 0 Å². The summed E-state index contributed by atoms with van der Waals surface area (Å²) in [6.07, 6.45) is 1.15. The molecule has 2 N–H and O–H groups in total. The van der Waals surface area contributed by atoms with Crippen LogP contribution >= 0.6 is 12.6 Å². The molecule has 0 saturated heterocycles. The zero-order chi connectivity index (χ0) is 16.5. The van der Waals surface area contributed by atoms with Crippen molar-refractivity contribution in [3.8, 4) is 0 Å². The standard InChI is InChI=1S/C12H26N2O5SSi/c1-12(2,20)10(14-9-15)11(16)13-7-6-8-21(17-3,18-4)19-5/h9-10,20H,6-8H2,1-5H3,(H,13,16)(H,14,15). The number of carbonyl (C=O) groups excluding carboxylic acids is 2. The SMILES string of the molecule is CO[Si](CCCNC(=O)C(NC=O)C(C)(C)S)(OC)OC. The summed E-state index contributed by atoms with van der Waals surface area (Å²) in [7, 11) is 2.03. The van der Waals surface area contributed by atoms with E-state index in [1.54, 1.807) is 35.2 Å². The molecule has 0 aliphatic rings. The molecule has 21 heavy (non-hydrogen) atoms. The van der Waals surface area contributed by atoms with Crippen LogP contribution in [-0.4, -0.2) is 59.8 Å². The lowest BCUT2D eigenvalue weighted by Crippen LogP contribution is -2.53. The highest BCUT2D eigenvalue weighted by Gasteiger charge is 2.37. The van der Waals surface area contributed by atoms with E-state index in [0.29, 0.717) is 25.4 Å². The van der Waals surface area contributed by atoms with Gasteiger partial charge in [0.25, 0.3) is 0 Å². The molecule has 0 aromatic rings. The number of hydrogen-bond acceptors (Lipinski definition) is 6. The zero-order valence-corrected chi connectivity index (χ0v) is 15.2. The van der Waals surface area contributed by atoms with E-state index in [0.717, 1.165) is 0 Å². The fraction of sp³-hybridized carbons (Fsp3) is 0.833. The molecule has 0 heterocycles. The predicted octanol–water partition coefficient (Wildman–Crippen LogP) is 0.194. The van der Waals surface area contributed by atoms with Gasteiger partial charge < -0.3 is 23.9 Å². The third-order valence-corrected chi connectivity index (χ3v) is 6.19. The molecule has 9 heteroatoms. The summed E-state index contributed by atoms with van der Waals surface area (Å²) in [6.45, 7) is 3.95. The van der Waals surface area contributed by atoms with Crippen molar-refractivity contribution >= 4 is 33.8 Å². The Morgan fingerprint density at radius 2 is 1.81 bits per heavy atom. The van der Waals surface area contributed by atoms with Gasteiger partial charge in [-0.15, -0.1) is 0 Å². The molecule has 0 aromatic heterocycles. The Hall–Kier alpha value is -0.613. The first-order valence-electron chi connectivity index (χ1n) is 6.61. The van der Waals surface area contributed by atoms with E-state index in [4.69, 9.17) is 13.3 Å². The van der Waals surface area contributed by atoms with E-state index in [9.17, 15) is 9.59 Å². The molecule has 0 radical (unpaired) electrons. The van der Waals surface area contributed by atoms with Crippen LogP contribution in [-0.2, 0) is 22.9 Å². The van der Waals surface area contributed by atoms with Crippen molar-refractivity contribution in [1.29, 1.82) is 0 Å². The summed E-state index contributed by atoms with van der Waals surface area (Å²) in [6, 6.07) is -0.111. The van der Waals surface area contributed by atoms with Crippen molar-refractivity contribution in [1.82, 2.24) is 10.6 Å². The topological polar surface area (TPSA) is 85.9 Å². The second-order valence-corrected chi connectivity index (χ2v) is 9.30. The molecule has 0 aliphatic heterocycles. The van der Waals surface area contributed by atoms with Gasteiger partial charge in [-0.3, -0.25) is 9.59 Å². The van der Waals surface area contributed by atoms with Gasteiger partial charge in [0.05, 0.1) is 0 Å². The zero-order valence-electron chi connectivity index (χ0n) is 13.3. The minimum absolute atomic E-state index is 0.276. The Morgan fingerprint density at radius 1 is 1.29 bits per heavy atom. The molecule has 0 spiro atoms. The Labute approximate surface area is 132 Å². The minimum Gasteiger partial charge on any atom is -0.377 e. The van der Waals surface area contributed by atoms with E-state index in [-0.39, 0.29) is 5.91 Å². The summed E-state index contributed by atoms with van der Waals surface area (Å²) in [5, 5.41) is 5.24. The van der Waals surface area contributed by atoms with E-state index in [2.05, 4.69) is 23.3 Å². The molecule has 0 aliphatic carbocycles. The van der Waals surface area contributed by atoms with Gasteiger partial charge >= 0.3 is 8.80 Å². The highest BCUT2D eigenvalue weighted by molar-refractivity contribution is 7.81. The van der Waals surface area contributed by atoms with Gasteiger partial charge in [0.2, 0.25) is 12.3 Å². The van der Waals surface area contributed by atoms with Crippen molar-refractivity contribution in [2.45, 2.75) is 37.1 Å². The number of nitrogens with one attached hydrogen (secondary N) is 2. The van der Waals surface area contributed by atoms with Crippen LogP contribution in [0.4, 0.5) is 0 Å². The van der Waals surface area contributed by atoms with Gasteiger partial charge in [-0.05, 0) is 20.3 Å². The van der Waals surface area contributed by atoms with Crippen molar-refractivity contribution in [2.24, 2.45) is 0 Å². The monoisotopic (exact) mass is 338 g/mol. The normalized spacial score (nSPS) is 13.6.